The van der Waals surface area contributed by atoms with E-state index in [1.165, 1.54) is 24.3 Å². The van der Waals surface area contributed by atoms with Crippen LogP contribution in [0.25, 0.3) is 6.08 Å². The van der Waals surface area contributed by atoms with Gasteiger partial charge in [-0.25, -0.2) is 0 Å². The molecule has 0 aliphatic rings. The summed E-state index contributed by atoms with van der Waals surface area (Å²) in [6, 6.07) is 13.8. The van der Waals surface area contributed by atoms with Gasteiger partial charge in [-0.1, -0.05) is 43.3 Å². The predicted octanol–water partition coefficient (Wildman–Crippen LogP) is 3.88. The fraction of sp³-hybridized carbons (Fsp3) is 0.111. The van der Waals surface area contributed by atoms with Crippen molar-refractivity contribution in [3.8, 4) is 5.75 Å². The van der Waals surface area contributed by atoms with E-state index in [9.17, 15) is 14.7 Å². The number of hydrogen-bond donors (Lipinski definition) is 1. The molecule has 0 fully saturated rings. The Labute approximate surface area is 123 Å². The topological polar surface area (TPSA) is 54.4 Å². The Morgan fingerprint density at radius 2 is 1.81 bits per heavy atom. The average molecular weight is 280 g/mol. The summed E-state index contributed by atoms with van der Waals surface area (Å²) < 4.78 is 0. The molecule has 1 N–H and O–H groups in total. The van der Waals surface area contributed by atoms with Crippen LogP contribution >= 0.6 is 0 Å². The molecular formula is C18H16O3. The van der Waals surface area contributed by atoms with Crippen molar-refractivity contribution < 1.29 is 14.7 Å². The van der Waals surface area contributed by atoms with Gasteiger partial charge in [-0.3, -0.25) is 9.59 Å². The summed E-state index contributed by atoms with van der Waals surface area (Å²) in [6.45, 7) is 1.71. The van der Waals surface area contributed by atoms with Gasteiger partial charge >= 0.3 is 0 Å². The van der Waals surface area contributed by atoms with Crippen molar-refractivity contribution in [1.29, 1.82) is 0 Å². The van der Waals surface area contributed by atoms with Crippen molar-refractivity contribution in [2.75, 3.05) is 0 Å². The van der Waals surface area contributed by atoms with Crippen molar-refractivity contribution >= 4 is 17.6 Å². The number of allylic oxidation sites excluding steroid dienone is 1. The van der Waals surface area contributed by atoms with E-state index >= 15 is 0 Å². The Morgan fingerprint density at radius 1 is 1.10 bits per heavy atom. The van der Waals surface area contributed by atoms with Gasteiger partial charge in [0.25, 0.3) is 0 Å². The molecule has 0 heterocycles. The van der Waals surface area contributed by atoms with E-state index in [0.29, 0.717) is 5.56 Å². The number of Topliss-reactive ketones (excluding diaryl/α,β-unsaturated/α-hetero) is 1. The summed E-state index contributed by atoms with van der Waals surface area (Å²) >= 11 is 0. The predicted molar refractivity (Wildman–Crippen MR) is 82.5 cm³/mol. The monoisotopic (exact) mass is 280 g/mol. The largest absolute Gasteiger partial charge is 0.507 e. The normalized spacial score (nSPS) is 10.7. The van der Waals surface area contributed by atoms with Gasteiger partial charge in [-0.2, -0.15) is 0 Å². The number of hydrogen-bond acceptors (Lipinski definition) is 3. The molecule has 0 amide bonds. The van der Waals surface area contributed by atoms with Crippen LogP contribution in [0, 0.1) is 0 Å². The SMILES string of the molecule is CCC(=O)c1cc(C(=O)/C=C/c2ccccc2)ccc1O. The lowest BCUT2D eigenvalue weighted by molar-refractivity contribution is 0.0985. The Kier molecular flexibility index (Phi) is 4.67. The highest BCUT2D eigenvalue weighted by molar-refractivity contribution is 6.09. The first-order chi connectivity index (χ1) is 10.1. The maximum Gasteiger partial charge on any atom is 0.185 e. The molecule has 0 unspecified atom stereocenters. The third-order valence-electron chi connectivity index (χ3n) is 3.13. The molecule has 3 nitrogen and oxygen atoms in total. The van der Waals surface area contributed by atoms with Crippen LogP contribution in [0.5, 0.6) is 5.75 Å². The summed E-state index contributed by atoms with van der Waals surface area (Å²) in [5, 5.41) is 9.68. The lowest BCUT2D eigenvalue weighted by atomic mass is 10.0. The Bertz CT molecular complexity index is 685. The smallest absolute Gasteiger partial charge is 0.185 e. The molecule has 0 aliphatic carbocycles. The number of aromatic hydroxyl groups is 1. The van der Waals surface area contributed by atoms with Crippen LogP contribution in [0.4, 0.5) is 0 Å². The van der Waals surface area contributed by atoms with E-state index in [-0.39, 0.29) is 29.3 Å². The molecule has 0 aromatic heterocycles. The number of carbonyl (C=O) groups is 2. The lowest BCUT2D eigenvalue weighted by Crippen LogP contribution is -2.01. The minimum atomic E-state index is -0.205. The molecule has 0 spiro atoms. The maximum absolute atomic E-state index is 12.1. The Balaban J connectivity index is 2.24. The first-order valence-electron chi connectivity index (χ1n) is 6.75. The minimum Gasteiger partial charge on any atom is -0.507 e. The quantitative estimate of drug-likeness (QED) is 0.668. The van der Waals surface area contributed by atoms with Crippen LogP contribution in [0.2, 0.25) is 0 Å². The molecule has 0 bridgehead atoms. The van der Waals surface area contributed by atoms with Gasteiger partial charge in [0.2, 0.25) is 0 Å². The second kappa shape index (κ2) is 6.66. The fourth-order valence-corrected chi connectivity index (χ4v) is 1.94. The Hall–Kier alpha value is -2.68. The molecule has 21 heavy (non-hydrogen) atoms. The molecule has 0 saturated heterocycles. The van der Waals surface area contributed by atoms with Gasteiger partial charge in [0.1, 0.15) is 5.75 Å². The van der Waals surface area contributed by atoms with Gasteiger partial charge < -0.3 is 5.11 Å². The van der Waals surface area contributed by atoms with Crippen LogP contribution in [0.3, 0.4) is 0 Å². The summed E-state index contributed by atoms with van der Waals surface area (Å²) in [7, 11) is 0. The number of phenols is 1. The standard InChI is InChI=1S/C18H16O3/c1-2-16(19)15-12-14(9-11-18(15)21)17(20)10-8-13-6-4-3-5-7-13/h3-12,21H,2H2,1H3/b10-8+. The van der Waals surface area contributed by atoms with E-state index in [4.69, 9.17) is 0 Å². The zero-order valence-electron chi connectivity index (χ0n) is 11.7. The molecule has 0 aliphatic heterocycles. The van der Waals surface area contributed by atoms with Gasteiger partial charge in [0.15, 0.2) is 11.6 Å². The van der Waals surface area contributed by atoms with E-state index in [2.05, 4.69) is 0 Å². The molecule has 0 saturated carbocycles. The number of benzene rings is 2. The number of carbonyl (C=O) groups excluding carboxylic acids is 2. The summed E-state index contributed by atoms with van der Waals surface area (Å²) in [5.41, 5.74) is 1.50. The van der Waals surface area contributed by atoms with Crippen LogP contribution in [-0.2, 0) is 0 Å². The van der Waals surface area contributed by atoms with Gasteiger partial charge in [0, 0.05) is 12.0 Å². The first kappa shape index (κ1) is 14.7. The zero-order chi connectivity index (χ0) is 15.2. The first-order valence-corrected chi connectivity index (χ1v) is 6.75. The van der Waals surface area contributed by atoms with Crippen molar-refractivity contribution in [1.82, 2.24) is 0 Å². The third kappa shape index (κ3) is 3.66. The van der Waals surface area contributed by atoms with E-state index in [1.54, 1.807) is 13.0 Å². The Morgan fingerprint density at radius 3 is 2.48 bits per heavy atom. The van der Waals surface area contributed by atoms with Crippen LogP contribution in [-0.4, -0.2) is 16.7 Å². The van der Waals surface area contributed by atoms with E-state index in [1.807, 2.05) is 30.3 Å². The molecule has 2 rings (SSSR count). The molecule has 2 aromatic carbocycles. The zero-order valence-corrected chi connectivity index (χ0v) is 11.7. The lowest BCUT2D eigenvalue weighted by Gasteiger charge is -2.04. The summed E-state index contributed by atoms with van der Waals surface area (Å²) in [4.78, 5) is 23.8. The van der Waals surface area contributed by atoms with Gasteiger partial charge in [-0.05, 0) is 29.8 Å². The summed E-state index contributed by atoms with van der Waals surface area (Å²) in [5.74, 6) is -0.483. The maximum atomic E-state index is 12.1. The van der Waals surface area contributed by atoms with Crippen LogP contribution in [0.15, 0.2) is 54.6 Å². The van der Waals surface area contributed by atoms with E-state index < -0.39 is 0 Å². The summed E-state index contributed by atoms with van der Waals surface area (Å²) in [6.07, 6.45) is 3.46. The fourth-order valence-electron chi connectivity index (χ4n) is 1.94. The number of ketones is 2. The molecule has 3 heteroatoms. The highest BCUT2D eigenvalue weighted by Gasteiger charge is 2.12. The third-order valence-corrected chi connectivity index (χ3v) is 3.13. The van der Waals surface area contributed by atoms with Gasteiger partial charge in [-0.15, -0.1) is 0 Å². The molecular weight excluding hydrogens is 264 g/mol. The molecule has 2 aromatic rings. The average Bonchev–Trinajstić information content (AvgIpc) is 2.53. The molecule has 0 radical (unpaired) electrons. The van der Waals surface area contributed by atoms with Crippen molar-refractivity contribution in [2.24, 2.45) is 0 Å². The van der Waals surface area contributed by atoms with Crippen molar-refractivity contribution in [3.63, 3.8) is 0 Å². The highest BCUT2D eigenvalue weighted by Crippen LogP contribution is 2.20. The number of phenolic OH excluding ortho intramolecular Hbond substituents is 1. The highest BCUT2D eigenvalue weighted by atomic mass is 16.3. The van der Waals surface area contributed by atoms with Crippen LogP contribution in [0.1, 0.15) is 39.6 Å². The minimum absolute atomic E-state index is 0.0922. The molecule has 0 atom stereocenters. The van der Waals surface area contributed by atoms with E-state index in [0.717, 1.165) is 5.56 Å². The molecule has 106 valence electrons. The number of rotatable bonds is 5. The second-order valence-corrected chi connectivity index (χ2v) is 4.62. The van der Waals surface area contributed by atoms with Gasteiger partial charge in [0.05, 0.1) is 5.56 Å². The van der Waals surface area contributed by atoms with Crippen molar-refractivity contribution in [3.05, 3.63) is 71.3 Å². The van der Waals surface area contributed by atoms with Crippen LogP contribution < -0.4 is 0 Å². The second-order valence-electron chi connectivity index (χ2n) is 4.62. The van der Waals surface area contributed by atoms with Crippen molar-refractivity contribution in [2.45, 2.75) is 13.3 Å².